The highest BCUT2D eigenvalue weighted by molar-refractivity contribution is 4.94. The van der Waals surface area contributed by atoms with Gasteiger partial charge in [-0.1, -0.05) is 0 Å². The van der Waals surface area contributed by atoms with Crippen molar-refractivity contribution in [3.05, 3.63) is 0 Å². The molecule has 3 heteroatoms. The highest BCUT2D eigenvalue weighted by atomic mass is 16.6. The van der Waals surface area contributed by atoms with Gasteiger partial charge in [0.2, 0.25) is 0 Å². The lowest BCUT2D eigenvalue weighted by atomic mass is 9.85. The summed E-state index contributed by atoms with van der Waals surface area (Å²) in [5.74, 6) is 0.684. The highest BCUT2D eigenvalue weighted by Gasteiger charge is 2.46. The summed E-state index contributed by atoms with van der Waals surface area (Å²) in [6, 6.07) is 0. The summed E-state index contributed by atoms with van der Waals surface area (Å²) >= 11 is 0. The van der Waals surface area contributed by atoms with E-state index in [-0.39, 0.29) is 0 Å². The second-order valence-corrected chi connectivity index (χ2v) is 4.27. The molecule has 3 aliphatic rings. The van der Waals surface area contributed by atoms with E-state index in [9.17, 15) is 0 Å². The van der Waals surface area contributed by atoms with Crippen LogP contribution in [0.4, 0.5) is 0 Å². The number of hydrogen-bond donors (Lipinski definition) is 0. The van der Waals surface area contributed by atoms with Crippen molar-refractivity contribution in [2.24, 2.45) is 5.92 Å². The zero-order valence-corrected chi connectivity index (χ0v) is 7.78. The molecule has 0 N–H and O–H groups in total. The maximum Gasteiger partial charge on any atom is 0.0845 e. The molecule has 2 saturated heterocycles. The summed E-state index contributed by atoms with van der Waals surface area (Å²) < 4.78 is 16.6. The molecule has 3 nitrogen and oxygen atoms in total. The fourth-order valence-electron chi connectivity index (χ4n) is 2.55. The van der Waals surface area contributed by atoms with Gasteiger partial charge in [-0.15, -0.1) is 0 Å². The van der Waals surface area contributed by atoms with Crippen LogP contribution in [-0.2, 0) is 14.2 Å². The van der Waals surface area contributed by atoms with Crippen LogP contribution in [0, 0.1) is 5.92 Å². The van der Waals surface area contributed by atoms with Crippen LogP contribution >= 0.6 is 0 Å². The maximum absolute atomic E-state index is 5.70. The first-order chi connectivity index (χ1) is 6.43. The molecule has 0 amide bonds. The first-order valence-corrected chi connectivity index (χ1v) is 5.28. The molecule has 3 rings (SSSR count). The Hall–Kier alpha value is -0.120. The SMILES string of the molecule is C1COC(C2CCC3OC3C2)CO1. The van der Waals surface area contributed by atoms with Crippen LogP contribution in [-0.4, -0.2) is 38.1 Å². The first-order valence-electron chi connectivity index (χ1n) is 5.28. The van der Waals surface area contributed by atoms with Crippen LogP contribution in [0.1, 0.15) is 19.3 Å². The molecule has 2 aliphatic heterocycles. The van der Waals surface area contributed by atoms with Gasteiger partial charge in [0.15, 0.2) is 0 Å². The van der Waals surface area contributed by atoms with E-state index in [0.717, 1.165) is 19.8 Å². The lowest BCUT2D eigenvalue weighted by Crippen LogP contribution is -2.37. The molecule has 3 fully saturated rings. The summed E-state index contributed by atoms with van der Waals surface area (Å²) in [5, 5.41) is 0. The van der Waals surface area contributed by atoms with E-state index < -0.39 is 0 Å². The fourth-order valence-corrected chi connectivity index (χ4v) is 2.55. The van der Waals surface area contributed by atoms with Gasteiger partial charge in [0.05, 0.1) is 38.1 Å². The Bertz CT molecular complexity index is 189. The van der Waals surface area contributed by atoms with Crippen LogP contribution < -0.4 is 0 Å². The van der Waals surface area contributed by atoms with E-state index in [2.05, 4.69) is 0 Å². The summed E-state index contributed by atoms with van der Waals surface area (Å²) in [6.45, 7) is 2.34. The van der Waals surface area contributed by atoms with E-state index in [4.69, 9.17) is 14.2 Å². The molecule has 1 saturated carbocycles. The van der Waals surface area contributed by atoms with Gasteiger partial charge in [0.25, 0.3) is 0 Å². The molecule has 4 unspecified atom stereocenters. The van der Waals surface area contributed by atoms with Crippen molar-refractivity contribution in [2.75, 3.05) is 19.8 Å². The van der Waals surface area contributed by atoms with Crippen LogP contribution in [0.5, 0.6) is 0 Å². The molecule has 4 atom stereocenters. The largest absolute Gasteiger partial charge is 0.376 e. The summed E-state index contributed by atoms with van der Waals surface area (Å²) in [4.78, 5) is 0. The lowest BCUT2D eigenvalue weighted by molar-refractivity contribution is -0.114. The number of fused-ring (bicyclic) bond motifs is 1. The minimum atomic E-state index is 0.346. The van der Waals surface area contributed by atoms with Crippen molar-refractivity contribution in [1.82, 2.24) is 0 Å². The Labute approximate surface area is 78.3 Å². The predicted octanol–water partition coefficient (Wildman–Crippen LogP) is 0.969. The van der Waals surface area contributed by atoms with E-state index in [0.29, 0.717) is 24.2 Å². The number of rotatable bonds is 1. The quantitative estimate of drug-likeness (QED) is 0.569. The third kappa shape index (κ3) is 1.60. The standard InChI is InChI=1S/C10H16O3/c1-2-8-9(13-8)5-7(1)10-6-11-3-4-12-10/h7-10H,1-6H2. The monoisotopic (exact) mass is 184 g/mol. The van der Waals surface area contributed by atoms with E-state index >= 15 is 0 Å². The van der Waals surface area contributed by atoms with Gasteiger partial charge in [-0.3, -0.25) is 0 Å². The van der Waals surface area contributed by atoms with Gasteiger partial charge >= 0.3 is 0 Å². The van der Waals surface area contributed by atoms with Gasteiger partial charge in [-0.25, -0.2) is 0 Å². The molecular formula is C10H16O3. The highest BCUT2D eigenvalue weighted by Crippen LogP contribution is 2.41. The molecular weight excluding hydrogens is 168 g/mol. The topological polar surface area (TPSA) is 31.0 Å². The maximum atomic E-state index is 5.70. The van der Waals surface area contributed by atoms with Gasteiger partial charge < -0.3 is 14.2 Å². The number of hydrogen-bond acceptors (Lipinski definition) is 3. The molecule has 13 heavy (non-hydrogen) atoms. The third-order valence-corrected chi connectivity index (χ3v) is 3.41. The number of ether oxygens (including phenoxy) is 3. The Kier molecular flexibility index (Phi) is 2.04. The third-order valence-electron chi connectivity index (χ3n) is 3.41. The van der Waals surface area contributed by atoms with Gasteiger partial charge in [-0.2, -0.15) is 0 Å². The first kappa shape index (κ1) is 8.21. The average molecular weight is 184 g/mol. The molecule has 0 aromatic heterocycles. The Balaban J connectivity index is 1.57. The predicted molar refractivity (Wildman–Crippen MR) is 46.6 cm³/mol. The van der Waals surface area contributed by atoms with Crippen molar-refractivity contribution in [2.45, 2.75) is 37.6 Å². The lowest BCUT2D eigenvalue weighted by Gasteiger charge is -2.31. The number of epoxide rings is 1. The summed E-state index contributed by atoms with van der Waals surface area (Å²) in [6.07, 6.45) is 5.19. The van der Waals surface area contributed by atoms with Crippen LogP contribution in [0.2, 0.25) is 0 Å². The molecule has 74 valence electrons. The van der Waals surface area contributed by atoms with Gasteiger partial charge in [0, 0.05) is 0 Å². The minimum Gasteiger partial charge on any atom is -0.376 e. The molecule has 0 radical (unpaired) electrons. The molecule has 0 aromatic carbocycles. The fraction of sp³-hybridized carbons (Fsp3) is 1.00. The second-order valence-electron chi connectivity index (χ2n) is 4.27. The van der Waals surface area contributed by atoms with E-state index in [1.54, 1.807) is 0 Å². The van der Waals surface area contributed by atoms with Crippen molar-refractivity contribution in [3.63, 3.8) is 0 Å². The summed E-state index contributed by atoms with van der Waals surface area (Å²) in [7, 11) is 0. The minimum absolute atomic E-state index is 0.346. The normalized spacial score (nSPS) is 49.8. The Morgan fingerprint density at radius 1 is 0.923 bits per heavy atom. The van der Waals surface area contributed by atoms with Crippen molar-refractivity contribution >= 4 is 0 Å². The van der Waals surface area contributed by atoms with Crippen molar-refractivity contribution in [3.8, 4) is 0 Å². The molecule has 1 aliphatic carbocycles. The summed E-state index contributed by atoms with van der Waals surface area (Å²) in [5.41, 5.74) is 0. The van der Waals surface area contributed by atoms with E-state index in [1.165, 1.54) is 19.3 Å². The van der Waals surface area contributed by atoms with Gasteiger partial charge in [0.1, 0.15) is 0 Å². The van der Waals surface area contributed by atoms with Crippen molar-refractivity contribution < 1.29 is 14.2 Å². The zero-order chi connectivity index (χ0) is 8.67. The average Bonchev–Trinajstić information content (AvgIpc) is 2.96. The van der Waals surface area contributed by atoms with Crippen LogP contribution in [0.25, 0.3) is 0 Å². The smallest absolute Gasteiger partial charge is 0.0845 e. The van der Waals surface area contributed by atoms with Crippen LogP contribution in [0.15, 0.2) is 0 Å². The second kappa shape index (κ2) is 3.23. The van der Waals surface area contributed by atoms with Gasteiger partial charge in [-0.05, 0) is 25.2 Å². The van der Waals surface area contributed by atoms with Crippen molar-refractivity contribution in [1.29, 1.82) is 0 Å². The molecule has 2 heterocycles. The molecule has 0 aromatic rings. The van der Waals surface area contributed by atoms with Crippen LogP contribution in [0.3, 0.4) is 0 Å². The Morgan fingerprint density at radius 3 is 2.69 bits per heavy atom. The molecule has 0 spiro atoms. The van der Waals surface area contributed by atoms with E-state index in [1.807, 2.05) is 0 Å². The zero-order valence-electron chi connectivity index (χ0n) is 7.78. The Morgan fingerprint density at radius 2 is 1.92 bits per heavy atom. The molecule has 0 bridgehead atoms.